The summed E-state index contributed by atoms with van der Waals surface area (Å²) in [4.78, 5) is 28.3. The van der Waals surface area contributed by atoms with Gasteiger partial charge in [0.1, 0.15) is 5.01 Å². The van der Waals surface area contributed by atoms with Crippen LogP contribution in [0, 0.1) is 5.92 Å². The van der Waals surface area contributed by atoms with Crippen molar-refractivity contribution in [3.8, 4) is 0 Å². The Labute approximate surface area is 115 Å². The summed E-state index contributed by atoms with van der Waals surface area (Å²) >= 11 is 1.51. The number of likely N-dealkylation sites (tertiary alicyclic amines) is 1. The number of amides is 2. The molecule has 1 unspecified atom stereocenters. The highest BCUT2D eigenvalue weighted by Crippen LogP contribution is 2.21. The fourth-order valence-electron chi connectivity index (χ4n) is 2.18. The number of carbonyl (C=O) groups is 2. The number of carboxylic acid groups (broad SMARTS) is 1. The maximum atomic E-state index is 11.9. The van der Waals surface area contributed by atoms with E-state index in [1.54, 1.807) is 11.1 Å². The fraction of sp³-hybridized carbons (Fsp3) is 0.583. The van der Waals surface area contributed by atoms with Crippen LogP contribution in [0.25, 0.3) is 0 Å². The monoisotopic (exact) mass is 283 g/mol. The van der Waals surface area contributed by atoms with Crippen LogP contribution in [-0.2, 0) is 11.3 Å². The Hall–Kier alpha value is -1.63. The van der Waals surface area contributed by atoms with Gasteiger partial charge in [-0.1, -0.05) is 0 Å². The fourth-order valence-corrected chi connectivity index (χ4v) is 2.74. The zero-order chi connectivity index (χ0) is 13.7. The van der Waals surface area contributed by atoms with E-state index in [0.717, 1.165) is 11.4 Å². The Morgan fingerprint density at radius 3 is 3.11 bits per heavy atom. The minimum Gasteiger partial charge on any atom is -0.481 e. The third-order valence-corrected chi connectivity index (χ3v) is 3.99. The molecule has 0 bridgehead atoms. The number of carbonyl (C=O) groups excluding carboxylic acids is 1. The lowest BCUT2D eigenvalue weighted by atomic mass is 10.0. The summed E-state index contributed by atoms with van der Waals surface area (Å²) in [5, 5.41) is 14.2. The molecular formula is C12H17N3O3S. The van der Waals surface area contributed by atoms with Crippen LogP contribution in [0.2, 0.25) is 0 Å². The van der Waals surface area contributed by atoms with Gasteiger partial charge < -0.3 is 15.3 Å². The number of nitrogens with one attached hydrogen (secondary N) is 1. The van der Waals surface area contributed by atoms with Gasteiger partial charge in [-0.15, -0.1) is 11.3 Å². The number of aromatic nitrogens is 1. The number of thiazole rings is 1. The molecule has 19 heavy (non-hydrogen) atoms. The third-order valence-electron chi connectivity index (χ3n) is 3.21. The van der Waals surface area contributed by atoms with Gasteiger partial charge in [0.05, 0.1) is 6.54 Å². The van der Waals surface area contributed by atoms with Crippen LogP contribution >= 0.6 is 11.3 Å². The number of aliphatic carboxylic acids is 1. The zero-order valence-corrected chi connectivity index (χ0v) is 11.4. The Morgan fingerprint density at radius 1 is 1.58 bits per heavy atom. The number of urea groups is 1. The van der Waals surface area contributed by atoms with Gasteiger partial charge in [-0.2, -0.15) is 0 Å². The summed E-state index contributed by atoms with van der Waals surface area (Å²) in [6.07, 6.45) is 3.42. The first-order valence-corrected chi connectivity index (χ1v) is 7.16. The van der Waals surface area contributed by atoms with Gasteiger partial charge in [-0.05, 0) is 18.8 Å². The molecule has 0 radical (unpaired) electrons. The average molecular weight is 283 g/mol. The summed E-state index contributed by atoms with van der Waals surface area (Å²) in [7, 11) is 0. The van der Waals surface area contributed by atoms with Gasteiger partial charge in [0.2, 0.25) is 0 Å². The molecule has 0 saturated carbocycles. The molecule has 2 rings (SSSR count). The molecule has 0 aliphatic carbocycles. The van der Waals surface area contributed by atoms with Gasteiger partial charge >= 0.3 is 12.0 Å². The number of hydrogen-bond donors (Lipinski definition) is 2. The smallest absolute Gasteiger partial charge is 0.317 e. The predicted molar refractivity (Wildman–Crippen MR) is 70.9 cm³/mol. The second-order valence-electron chi connectivity index (χ2n) is 4.62. The largest absolute Gasteiger partial charge is 0.481 e. The summed E-state index contributed by atoms with van der Waals surface area (Å²) in [5.41, 5.74) is 0. The summed E-state index contributed by atoms with van der Waals surface area (Å²) in [6.45, 7) is 1.80. The van der Waals surface area contributed by atoms with Crippen molar-refractivity contribution < 1.29 is 14.7 Å². The highest BCUT2D eigenvalue weighted by Gasteiger charge is 2.26. The molecule has 2 N–H and O–H groups in total. The Balaban J connectivity index is 1.71. The normalized spacial score (nSPS) is 18.5. The molecule has 6 nitrogen and oxygen atoms in total. The first-order chi connectivity index (χ1) is 9.15. The molecular weight excluding hydrogens is 266 g/mol. The van der Waals surface area contributed by atoms with E-state index in [1.807, 2.05) is 5.38 Å². The number of rotatable bonds is 5. The van der Waals surface area contributed by atoms with Crippen molar-refractivity contribution >= 4 is 23.3 Å². The van der Waals surface area contributed by atoms with Gasteiger partial charge in [-0.25, -0.2) is 9.78 Å². The molecule has 0 spiro atoms. The summed E-state index contributed by atoms with van der Waals surface area (Å²) in [6, 6.07) is -0.0898. The highest BCUT2D eigenvalue weighted by atomic mass is 32.1. The van der Waals surface area contributed by atoms with Crippen LogP contribution in [0.1, 0.15) is 24.3 Å². The first-order valence-electron chi connectivity index (χ1n) is 6.28. The SMILES string of the molecule is O=C(O)CCC1CCN(C(=O)NCc2nccs2)C1. The number of carboxylic acids is 1. The lowest BCUT2D eigenvalue weighted by Gasteiger charge is -2.16. The van der Waals surface area contributed by atoms with Gasteiger partial charge in [0.25, 0.3) is 0 Å². The summed E-state index contributed by atoms with van der Waals surface area (Å²) in [5.74, 6) is -0.464. The van der Waals surface area contributed by atoms with Crippen molar-refractivity contribution in [1.29, 1.82) is 0 Å². The minimum absolute atomic E-state index is 0.0898. The molecule has 104 valence electrons. The maximum absolute atomic E-state index is 11.9. The molecule has 1 aliphatic heterocycles. The van der Waals surface area contributed by atoms with Gasteiger partial charge in [0, 0.05) is 31.1 Å². The molecule has 0 aromatic carbocycles. The van der Waals surface area contributed by atoms with Crippen LogP contribution in [-0.4, -0.2) is 40.1 Å². The lowest BCUT2D eigenvalue weighted by Crippen LogP contribution is -2.38. The van der Waals surface area contributed by atoms with Crippen molar-refractivity contribution in [2.24, 2.45) is 5.92 Å². The van der Waals surface area contributed by atoms with Crippen LogP contribution in [0.4, 0.5) is 4.79 Å². The van der Waals surface area contributed by atoms with Crippen LogP contribution in [0.3, 0.4) is 0 Å². The van der Waals surface area contributed by atoms with Crippen LogP contribution in [0.15, 0.2) is 11.6 Å². The molecule has 2 heterocycles. The van der Waals surface area contributed by atoms with E-state index in [9.17, 15) is 9.59 Å². The molecule has 2 amide bonds. The van der Waals surface area contributed by atoms with E-state index in [0.29, 0.717) is 32.0 Å². The van der Waals surface area contributed by atoms with E-state index in [-0.39, 0.29) is 12.5 Å². The van der Waals surface area contributed by atoms with Crippen molar-refractivity contribution in [3.63, 3.8) is 0 Å². The van der Waals surface area contributed by atoms with E-state index in [1.165, 1.54) is 11.3 Å². The van der Waals surface area contributed by atoms with Crippen molar-refractivity contribution in [2.75, 3.05) is 13.1 Å². The van der Waals surface area contributed by atoms with Gasteiger partial charge in [-0.3, -0.25) is 4.79 Å². The van der Waals surface area contributed by atoms with Crippen LogP contribution in [0.5, 0.6) is 0 Å². The van der Waals surface area contributed by atoms with E-state index in [4.69, 9.17) is 5.11 Å². The number of nitrogens with zero attached hydrogens (tertiary/aromatic N) is 2. The molecule has 1 atom stereocenters. The second kappa shape index (κ2) is 6.51. The third kappa shape index (κ3) is 4.20. The molecule has 1 aliphatic rings. The molecule has 1 aromatic rings. The quantitative estimate of drug-likeness (QED) is 0.858. The molecule has 1 aromatic heterocycles. The summed E-state index contributed by atoms with van der Waals surface area (Å²) < 4.78 is 0. The Morgan fingerprint density at radius 2 is 2.42 bits per heavy atom. The standard InChI is InChI=1S/C12H17N3O3S/c16-11(17)2-1-9-3-5-15(8-9)12(18)14-7-10-13-4-6-19-10/h4,6,9H,1-3,5,7-8H2,(H,14,18)(H,16,17). The van der Waals surface area contributed by atoms with E-state index in [2.05, 4.69) is 10.3 Å². The highest BCUT2D eigenvalue weighted by molar-refractivity contribution is 7.09. The Bertz CT molecular complexity index is 435. The van der Waals surface area contributed by atoms with E-state index >= 15 is 0 Å². The zero-order valence-electron chi connectivity index (χ0n) is 10.5. The predicted octanol–water partition coefficient (Wildman–Crippen LogP) is 1.54. The van der Waals surface area contributed by atoms with Crippen molar-refractivity contribution in [1.82, 2.24) is 15.2 Å². The van der Waals surface area contributed by atoms with Crippen molar-refractivity contribution in [2.45, 2.75) is 25.8 Å². The first kappa shape index (κ1) is 13.8. The minimum atomic E-state index is -0.772. The van der Waals surface area contributed by atoms with Crippen molar-refractivity contribution in [3.05, 3.63) is 16.6 Å². The molecule has 1 fully saturated rings. The number of hydrogen-bond acceptors (Lipinski definition) is 4. The Kier molecular flexibility index (Phi) is 4.73. The molecule has 1 saturated heterocycles. The average Bonchev–Trinajstić information content (AvgIpc) is 3.04. The van der Waals surface area contributed by atoms with E-state index < -0.39 is 5.97 Å². The topological polar surface area (TPSA) is 82.5 Å². The second-order valence-corrected chi connectivity index (χ2v) is 5.60. The molecule has 7 heteroatoms. The van der Waals surface area contributed by atoms with Gasteiger partial charge in [0.15, 0.2) is 0 Å². The maximum Gasteiger partial charge on any atom is 0.317 e. The lowest BCUT2D eigenvalue weighted by molar-refractivity contribution is -0.137. The van der Waals surface area contributed by atoms with Crippen LogP contribution < -0.4 is 5.32 Å².